The smallest absolute Gasteiger partial charge is 0.255 e. The molecule has 0 unspecified atom stereocenters. The molecule has 3 aromatic carbocycles. The maximum Gasteiger partial charge on any atom is 0.255 e. The number of ether oxygens (including phenoxy) is 2. The first-order valence-electron chi connectivity index (χ1n) is 10.5. The van der Waals surface area contributed by atoms with E-state index in [1.165, 1.54) is 14.2 Å². The Hall–Kier alpha value is -3.80. The van der Waals surface area contributed by atoms with E-state index in [0.29, 0.717) is 48.1 Å². The molecule has 11 heteroatoms. The van der Waals surface area contributed by atoms with E-state index >= 15 is 0 Å². The van der Waals surface area contributed by atoms with Crippen LogP contribution in [0.4, 0.5) is 5.69 Å². The Morgan fingerprint density at radius 3 is 2.25 bits per heavy atom. The third-order valence-electron chi connectivity index (χ3n) is 5.46. The number of carbonyl (C=O) groups excluding carboxylic acids is 1. The lowest BCUT2D eigenvalue weighted by Crippen LogP contribution is -2.12. The molecule has 1 heterocycles. The van der Waals surface area contributed by atoms with Gasteiger partial charge in [-0.1, -0.05) is 12.6 Å². The monoisotopic (exact) mass is 538 g/mol. The fourth-order valence-electron chi connectivity index (χ4n) is 3.61. The highest BCUT2D eigenvalue weighted by atomic mass is 32.1. The fourth-order valence-corrected chi connectivity index (χ4v) is 4.44. The Bertz CT molecular complexity index is 1550. The molecule has 8 nitrogen and oxygen atoms in total. The number of H-pyrrole nitrogens is 2. The van der Waals surface area contributed by atoms with Crippen molar-refractivity contribution in [2.45, 2.75) is 4.90 Å². The van der Waals surface area contributed by atoms with Crippen LogP contribution in [-0.2, 0) is 0 Å². The molecule has 0 aliphatic heterocycles. The van der Waals surface area contributed by atoms with Crippen molar-refractivity contribution in [2.24, 2.45) is 0 Å². The van der Waals surface area contributed by atoms with Crippen molar-refractivity contribution < 1.29 is 19.4 Å². The van der Waals surface area contributed by atoms with Gasteiger partial charge in [0.25, 0.3) is 5.91 Å². The van der Waals surface area contributed by atoms with E-state index in [-0.39, 0.29) is 23.2 Å². The number of amides is 1. The third-order valence-corrected chi connectivity index (χ3v) is 6.42. The molecule has 0 fully saturated rings. The molecule has 1 amide bonds. The summed E-state index contributed by atoms with van der Waals surface area (Å²) < 4.78 is 12.9. The van der Waals surface area contributed by atoms with Crippen LogP contribution < -0.4 is 14.8 Å². The van der Waals surface area contributed by atoms with E-state index in [4.69, 9.17) is 33.9 Å². The number of aromatic hydroxyl groups is 1. The van der Waals surface area contributed by atoms with Crippen LogP contribution in [0.3, 0.4) is 0 Å². The number of rotatable bonds is 7. The zero-order valence-corrected chi connectivity index (χ0v) is 21.8. The average molecular weight is 539 g/mol. The number of phenols is 1. The molecule has 0 aliphatic rings. The number of hydrogen-bond donors (Lipinski definition) is 5. The van der Waals surface area contributed by atoms with Crippen LogP contribution >= 0.6 is 37.1 Å². The lowest BCUT2D eigenvalue weighted by Gasteiger charge is -2.15. The highest BCUT2D eigenvalue weighted by molar-refractivity contribution is 7.80. The molecule has 4 rings (SSSR count). The Labute approximate surface area is 222 Å². The summed E-state index contributed by atoms with van der Waals surface area (Å²) in [7, 11) is 2.90. The largest absolute Gasteiger partial charge is 0.502 e. The van der Waals surface area contributed by atoms with Crippen LogP contribution in [0.15, 0.2) is 66.1 Å². The maximum atomic E-state index is 13.1. The van der Waals surface area contributed by atoms with Crippen molar-refractivity contribution in [1.82, 2.24) is 14.8 Å². The Balaban J connectivity index is 1.63. The number of anilines is 1. The van der Waals surface area contributed by atoms with Crippen molar-refractivity contribution in [2.75, 3.05) is 19.5 Å². The number of phenolic OH excluding ortho intramolecular Hbond substituents is 1. The van der Waals surface area contributed by atoms with Gasteiger partial charge in [-0.25, -0.2) is 0 Å². The predicted molar refractivity (Wildman–Crippen MR) is 147 cm³/mol. The van der Waals surface area contributed by atoms with Crippen LogP contribution in [0.25, 0.3) is 11.3 Å². The summed E-state index contributed by atoms with van der Waals surface area (Å²) in [4.78, 5) is 13.7. The molecule has 0 bridgehead atoms. The van der Waals surface area contributed by atoms with Gasteiger partial charge in [-0.3, -0.25) is 19.6 Å². The molecule has 0 radical (unpaired) electrons. The predicted octanol–water partition coefficient (Wildman–Crippen LogP) is 5.92. The van der Waals surface area contributed by atoms with Crippen molar-refractivity contribution >= 4 is 54.2 Å². The molecular formula is C25H22N4O4S3. The molecule has 36 heavy (non-hydrogen) atoms. The van der Waals surface area contributed by atoms with Gasteiger partial charge in [-0.15, -0.1) is 12.6 Å². The van der Waals surface area contributed by atoms with Gasteiger partial charge in [0.2, 0.25) is 5.75 Å². The molecule has 4 aromatic rings. The first kappa shape index (κ1) is 25.3. The van der Waals surface area contributed by atoms with Crippen molar-refractivity contribution in [3.05, 3.63) is 87.4 Å². The topological polar surface area (TPSA) is 104 Å². The zero-order chi connectivity index (χ0) is 26.0. The van der Waals surface area contributed by atoms with Gasteiger partial charge >= 0.3 is 0 Å². The van der Waals surface area contributed by atoms with E-state index in [9.17, 15) is 9.90 Å². The van der Waals surface area contributed by atoms with Gasteiger partial charge in [-0.05, 0) is 89.7 Å². The van der Waals surface area contributed by atoms with Crippen molar-refractivity contribution in [3.63, 3.8) is 0 Å². The van der Waals surface area contributed by atoms with Gasteiger partial charge < -0.3 is 19.9 Å². The second-order valence-corrected chi connectivity index (χ2v) is 8.90. The minimum atomic E-state index is -0.315. The highest BCUT2D eigenvalue weighted by Crippen LogP contribution is 2.40. The minimum Gasteiger partial charge on any atom is -0.502 e. The molecule has 0 atom stereocenters. The normalized spacial score (nSPS) is 10.6. The number of aromatic nitrogens is 3. The first-order chi connectivity index (χ1) is 17.2. The highest BCUT2D eigenvalue weighted by Gasteiger charge is 2.16. The number of thiol groups is 1. The first-order valence-corrected chi connectivity index (χ1v) is 11.8. The average Bonchev–Trinajstić information content (AvgIpc) is 3.22. The molecule has 0 aliphatic carbocycles. The lowest BCUT2D eigenvalue weighted by molar-refractivity contribution is 0.102. The van der Waals surface area contributed by atoms with Crippen molar-refractivity contribution in [1.29, 1.82) is 0 Å². The van der Waals surface area contributed by atoms with Crippen LogP contribution in [0.1, 0.15) is 21.5 Å². The molecule has 0 saturated carbocycles. The van der Waals surface area contributed by atoms with E-state index in [2.05, 4.69) is 34.7 Å². The van der Waals surface area contributed by atoms with Gasteiger partial charge in [0.1, 0.15) is 0 Å². The number of nitrogens with one attached hydrogen (secondary N) is 3. The molecule has 1 aromatic heterocycles. The Morgan fingerprint density at radius 2 is 1.64 bits per heavy atom. The summed E-state index contributed by atoms with van der Waals surface area (Å²) in [6.07, 6.45) is 0. The summed E-state index contributed by atoms with van der Waals surface area (Å²) in [5, 5.41) is 18.7. The van der Waals surface area contributed by atoms with E-state index in [0.717, 1.165) is 0 Å². The van der Waals surface area contributed by atoms with Gasteiger partial charge in [0.15, 0.2) is 21.0 Å². The van der Waals surface area contributed by atoms with Crippen molar-refractivity contribution in [3.8, 4) is 22.9 Å². The van der Waals surface area contributed by atoms with Crippen LogP contribution in [0.2, 0.25) is 0 Å². The number of aromatic amines is 2. The lowest BCUT2D eigenvalue weighted by atomic mass is 9.98. The van der Waals surface area contributed by atoms with Crippen LogP contribution in [0, 0.1) is 9.54 Å². The molecule has 0 spiro atoms. The van der Waals surface area contributed by atoms with Gasteiger partial charge in [0.05, 0.1) is 19.9 Å². The molecular weight excluding hydrogens is 517 g/mol. The number of benzene rings is 3. The summed E-state index contributed by atoms with van der Waals surface area (Å²) in [6.45, 7) is 4.19. The second-order valence-electron chi connectivity index (χ2n) is 7.64. The summed E-state index contributed by atoms with van der Waals surface area (Å²) >= 11 is 15.1. The van der Waals surface area contributed by atoms with E-state index < -0.39 is 0 Å². The number of nitrogens with zero attached hydrogens (tertiary/aromatic N) is 1. The Morgan fingerprint density at radius 1 is 1.00 bits per heavy atom. The Kier molecular flexibility index (Phi) is 7.34. The zero-order valence-electron chi connectivity index (χ0n) is 19.3. The number of methoxy groups -OCH3 is 2. The van der Waals surface area contributed by atoms with Gasteiger partial charge in [0, 0.05) is 16.1 Å². The van der Waals surface area contributed by atoms with Gasteiger partial charge in [-0.2, -0.15) is 0 Å². The fraction of sp³-hybridized carbons (Fsp3) is 0.0800. The SMILES string of the molecule is C=C(c1cc(OC)c(O)c(OC)c1)c1cc(NC(=O)c2cccc(-n3c(=S)[nH][nH]c3=S)c2)ccc1S. The minimum absolute atomic E-state index is 0.104. The molecule has 4 N–H and O–H groups in total. The summed E-state index contributed by atoms with van der Waals surface area (Å²) in [5.41, 5.74) is 3.58. The van der Waals surface area contributed by atoms with E-state index in [1.807, 2.05) is 6.07 Å². The number of hydrogen-bond acceptors (Lipinski definition) is 7. The summed E-state index contributed by atoms with van der Waals surface area (Å²) in [6, 6.07) is 15.6. The maximum absolute atomic E-state index is 13.1. The summed E-state index contributed by atoms with van der Waals surface area (Å²) in [5.74, 6) is 0.0778. The third kappa shape index (κ3) is 4.94. The molecule has 184 valence electrons. The molecule has 0 saturated heterocycles. The second kappa shape index (κ2) is 10.4. The van der Waals surface area contributed by atoms with E-state index in [1.54, 1.807) is 53.1 Å². The van der Waals surface area contributed by atoms with Crippen LogP contribution in [-0.4, -0.2) is 40.0 Å². The number of carbonyl (C=O) groups is 1. The quantitative estimate of drug-likeness (QED) is 0.148. The standard InChI is InChI=1S/C25H22N4O4S3/c1-13(15-10-19(32-2)22(30)20(11-15)33-3)18-12-16(7-8-21(18)34)26-23(31)14-5-4-6-17(9-14)29-24(35)27-28-25(29)36/h4-12,30,34H,1H2,2-3H3,(H,26,31)(H,27,35)(H,28,36). The van der Waals surface area contributed by atoms with Crippen LogP contribution in [0.5, 0.6) is 17.2 Å².